The molecule has 6 heteroatoms. The van der Waals surface area contributed by atoms with Crippen molar-refractivity contribution in [2.45, 2.75) is 0 Å². The van der Waals surface area contributed by atoms with Crippen molar-refractivity contribution >= 4 is 10.9 Å². The third-order valence-electron chi connectivity index (χ3n) is 2.82. The zero-order valence-corrected chi connectivity index (χ0v) is 15.0. The van der Waals surface area contributed by atoms with Crippen LogP contribution in [0.25, 0.3) is 22.3 Å². The van der Waals surface area contributed by atoms with Crippen molar-refractivity contribution < 1.29 is 53.6 Å². The van der Waals surface area contributed by atoms with Crippen molar-refractivity contribution in [3.05, 3.63) is 58.6 Å². The van der Waals surface area contributed by atoms with Crippen molar-refractivity contribution in [2.75, 3.05) is 0 Å². The zero-order valence-electron chi connectivity index (χ0n) is 10.3. The zero-order chi connectivity index (χ0) is 13.4. The number of hydrogen-bond donors (Lipinski definition) is 2. The molecule has 0 aliphatic rings. The average molecular weight is 483 g/mol. The first-order chi connectivity index (χ1) is 9.15. The molecule has 0 saturated heterocycles. The standard InChI is InChI=1S/C14H9FN2O2.Ac/c15-11-4-2-1-3-9(11)13-16-12-6-5-8(18)7-10(12)14(19)17-13;/h1-7,18H,(H,16,17,19);. The van der Waals surface area contributed by atoms with Crippen LogP contribution in [0, 0.1) is 49.9 Å². The van der Waals surface area contributed by atoms with E-state index in [4.69, 9.17) is 0 Å². The number of aromatic hydroxyl groups is 1. The number of halogens is 1. The Morgan fingerprint density at radius 3 is 2.65 bits per heavy atom. The van der Waals surface area contributed by atoms with Crippen LogP contribution in [0.3, 0.4) is 0 Å². The fraction of sp³-hybridized carbons (Fsp3) is 0. The molecule has 0 spiro atoms. The van der Waals surface area contributed by atoms with E-state index in [2.05, 4.69) is 9.97 Å². The minimum absolute atomic E-state index is 0. The first kappa shape index (κ1) is 15.1. The summed E-state index contributed by atoms with van der Waals surface area (Å²) < 4.78 is 13.7. The summed E-state index contributed by atoms with van der Waals surface area (Å²) in [5, 5.41) is 9.61. The fourth-order valence-electron chi connectivity index (χ4n) is 1.91. The molecule has 0 saturated carbocycles. The van der Waals surface area contributed by atoms with Crippen molar-refractivity contribution in [2.24, 2.45) is 0 Å². The van der Waals surface area contributed by atoms with Gasteiger partial charge in [-0.3, -0.25) is 4.79 Å². The number of fused-ring (bicyclic) bond motifs is 1. The molecule has 97 valence electrons. The number of aromatic amines is 1. The second-order valence-corrected chi connectivity index (χ2v) is 4.10. The van der Waals surface area contributed by atoms with Crippen LogP contribution >= 0.6 is 0 Å². The van der Waals surface area contributed by atoms with E-state index < -0.39 is 11.4 Å². The van der Waals surface area contributed by atoms with E-state index in [0.29, 0.717) is 5.52 Å². The van der Waals surface area contributed by atoms with Gasteiger partial charge in [0.25, 0.3) is 5.56 Å². The molecule has 0 unspecified atom stereocenters. The average Bonchev–Trinajstić information content (AvgIpc) is 2.40. The third kappa shape index (κ3) is 2.77. The van der Waals surface area contributed by atoms with E-state index >= 15 is 0 Å². The van der Waals surface area contributed by atoms with Gasteiger partial charge in [-0.15, -0.1) is 0 Å². The van der Waals surface area contributed by atoms with E-state index in [1.165, 1.54) is 24.3 Å². The second kappa shape index (κ2) is 6.03. The van der Waals surface area contributed by atoms with Crippen molar-refractivity contribution in [3.8, 4) is 17.1 Å². The van der Waals surface area contributed by atoms with Gasteiger partial charge >= 0.3 is 0 Å². The van der Waals surface area contributed by atoms with Gasteiger partial charge in [0.15, 0.2) is 0 Å². The second-order valence-electron chi connectivity index (χ2n) is 4.10. The van der Waals surface area contributed by atoms with Gasteiger partial charge in [-0.25, -0.2) is 9.37 Å². The van der Waals surface area contributed by atoms with Gasteiger partial charge < -0.3 is 10.1 Å². The van der Waals surface area contributed by atoms with Gasteiger partial charge in [0, 0.05) is 44.1 Å². The number of phenols is 1. The Labute approximate surface area is 149 Å². The summed E-state index contributed by atoms with van der Waals surface area (Å²) in [6, 6.07) is 10.3. The molecule has 0 aliphatic carbocycles. The summed E-state index contributed by atoms with van der Waals surface area (Å²) in [7, 11) is 0. The van der Waals surface area contributed by atoms with Crippen LogP contribution in [0.1, 0.15) is 0 Å². The molecule has 1 aromatic heterocycles. The summed E-state index contributed by atoms with van der Waals surface area (Å²) in [6.07, 6.45) is 0. The summed E-state index contributed by atoms with van der Waals surface area (Å²) in [5.41, 5.74) is 0.216. The monoisotopic (exact) mass is 483 g/mol. The molecule has 20 heavy (non-hydrogen) atoms. The maximum Gasteiger partial charge on any atom is 0.259 e. The van der Waals surface area contributed by atoms with Crippen LogP contribution < -0.4 is 5.56 Å². The molecular formula is C14H9AcFN2O2. The van der Waals surface area contributed by atoms with Crippen LogP contribution in [0.5, 0.6) is 5.75 Å². The molecular weight excluding hydrogens is 474 g/mol. The van der Waals surface area contributed by atoms with Crippen LogP contribution in [0.15, 0.2) is 47.3 Å². The minimum Gasteiger partial charge on any atom is -0.508 e. The Kier molecular flexibility index (Phi) is 4.56. The normalized spacial score (nSPS) is 10.2. The fourth-order valence-corrected chi connectivity index (χ4v) is 1.91. The number of hydrogen-bond acceptors (Lipinski definition) is 3. The smallest absolute Gasteiger partial charge is 0.259 e. The van der Waals surface area contributed by atoms with Crippen LogP contribution in [0.4, 0.5) is 4.39 Å². The maximum absolute atomic E-state index is 13.7. The maximum atomic E-state index is 13.7. The predicted molar refractivity (Wildman–Crippen MR) is 69.4 cm³/mol. The van der Waals surface area contributed by atoms with Gasteiger partial charge in [-0.05, 0) is 30.3 Å². The summed E-state index contributed by atoms with van der Waals surface area (Å²) in [5.74, 6) is -0.302. The molecule has 3 rings (SSSR count). The third-order valence-corrected chi connectivity index (χ3v) is 2.82. The number of nitrogens with one attached hydrogen (secondary N) is 1. The molecule has 4 nitrogen and oxygen atoms in total. The Morgan fingerprint density at radius 1 is 1.15 bits per heavy atom. The molecule has 1 heterocycles. The summed E-state index contributed by atoms with van der Waals surface area (Å²) in [6.45, 7) is 0. The van der Waals surface area contributed by atoms with Crippen molar-refractivity contribution in [3.63, 3.8) is 0 Å². The summed E-state index contributed by atoms with van der Waals surface area (Å²) >= 11 is 0. The van der Waals surface area contributed by atoms with Gasteiger partial charge in [0.05, 0.1) is 16.5 Å². The number of nitrogens with zero attached hydrogens (tertiary/aromatic N) is 1. The van der Waals surface area contributed by atoms with Crippen LogP contribution in [-0.2, 0) is 0 Å². The van der Waals surface area contributed by atoms with Crippen LogP contribution in [-0.4, -0.2) is 15.1 Å². The van der Waals surface area contributed by atoms with E-state index in [-0.39, 0.29) is 66.6 Å². The number of benzene rings is 2. The largest absolute Gasteiger partial charge is 0.508 e. The van der Waals surface area contributed by atoms with E-state index in [0.717, 1.165) is 0 Å². The number of H-pyrrole nitrogens is 1. The topological polar surface area (TPSA) is 66.0 Å². The first-order valence-electron chi connectivity index (χ1n) is 5.63. The van der Waals surface area contributed by atoms with Crippen molar-refractivity contribution in [1.29, 1.82) is 0 Å². The molecule has 0 bridgehead atoms. The van der Waals surface area contributed by atoms with Crippen molar-refractivity contribution in [1.82, 2.24) is 9.97 Å². The van der Waals surface area contributed by atoms with E-state index in [1.807, 2.05) is 0 Å². The number of aromatic nitrogens is 2. The number of phenolic OH excluding ortho intramolecular Hbond substituents is 1. The minimum atomic E-state index is -0.455. The Bertz CT molecular complexity index is 833. The predicted octanol–water partition coefficient (Wildman–Crippen LogP) is 2.43. The van der Waals surface area contributed by atoms with Gasteiger partial charge in [0.2, 0.25) is 0 Å². The molecule has 2 N–H and O–H groups in total. The molecule has 0 aliphatic heterocycles. The molecule has 0 amide bonds. The van der Waals surface area contributed by atoms with Gasteiger partial charge in [-0.1, -0.05) is 12.1 Å². The van der Waals surface area contributed by atoms with E-state index in [1.54, 1.807) is 18.2 Å². The molecule has 3 aromatic rings. The molecule has 0 atom stereocenters. The quantitative estimate of drug-likeness (QED) is 0.559. The number of rotatable bonds is 1. The summed E-state index contributed by atoms with van der Waals surface area (Å²) in [4.78, 5) is 18.6. The van der Waals surface area contributed by atoms with Crippen LogP contribution in [0.2, 0.25) is 0 Å². The Morgan fingerprint density at radius 2 is 1.90 bits per heavy atom. The Hall–Kier alpha value is -1.25. The van der Waals surface area contributed by atoms with Gasteiger partial charge in [-0.2, -0.15) is 0 Å². The molecule has 2 aromatic carbocycles. The molecule has 1 radical (unpaired) electrons. The molecule has 0 fully saturated rings. The SMILES string of the molecule is O=c1[nH]c(-c2ccccc2F)nc2ccc(O)cc12.[Ac]. The Balaban J connectivity index is 0.00000147. The van der Waals surface area contributed by atoms with Gasteiger partial charge in [0.1, 0.15) is 17.4 Å². The van der Waals surface area contributed by atoms with E-state index in [9.17, 15) is 14.3 Å². The first-order valence-corrected chi connectivity index (χ1v) is 5.63.